The highest BCUT2D eigenvalue weighted by Gasteiger charge is 2.28. The standard InChI is InChI=1S/C29H32FN3O2/c1-19-15-16-33-24(17-19)31-25(26(33)32-29(5,6)18-28(2,3)4)20-11-13-21(14-12-20)35-27(34)22-9-7-8-10-23(22)30/h7-17,32H,18H2,1-6H3. The fourth-order valence-electron chi connectivity index (χ4n) is 4.63. The Morgan fingerprint density at radius 2 is 1.71 bits per heavy atom. The Hall–Kier alpha value is -3.67. The first-order chi connectivity index (χ1) is 16.4. The lowest BCUT2D eigenvalue weighted by atomic mass is 9.82. The number of nitrogens with zero attached hydrogens (tertiary/aromatic N) is 2. The molecule has 0 fully saturated rings. The lowest BCUT2D eigenvalue weighted by molar-refractivity contribution is 0.0730. The monoisotopic (exact) mass is 473 g/mol. The number of halogens is 1. The van der Waals surface area contributed by atoms with Crippen molar-refractivity contribution in [1.82, 2.24) is 9.38 Å². The molecule has 0 saturated heterocycles. The topological polar surface area (TPSA) is 55.6 Å². The van der Waals surface area contributed by atoms with Crippen LogP contribution in [0.3, 0.4) is 0 Å². The molecule has 0 spiro atoms. The Balaban J connectivity index is 1.67. The number of benzene rings is 2. The second-order valence-corrected chi connectivity index (χ2v) is 10.9. The van der Waals surface area contributed by atoms with Gasteiger partial charge in [0.2, 0.25) is 0 Å². The molecule has 1 N–H and O–H groups in total. The van der Waals surface area contributed by atoms with Crippen LogP contribution in [-0.2, 0) is 0 Å². The van der Waals surface area contributed by atoms with Gasteiger partial charge in [-0.05, 0) is 86.7 Å². The summed E-state index contributed by atoms with van der Waals surface area (Å²) in [7, 11) is 0. The van der Waals surface area contributed by atoms with Crippen molar-refractivity contribution < 1.29 is 13.9 Å². The quantitative estimate of drug-likeness (QED) is 0.236. The fourth-order valence-corrected chi connectivity index (χ4v) is 4.63. The van der Waals surface area contributed by atoms with Gasteiger partial charge in [0.1, 0.15) is 28.7 Å². The maximum absolute atomic E-state index is 13.9. The first kappa shape index (κ1) is 24.5. The zero-order valence-corrected chi connectivity index (χ0v) is 21.1. The molecular weight excluding hydrogens is 441 g/mol. The molecule has 5 nitrogen and oxygen atoms in total. The summed E-state index contributed by atoms with van der Waals surface area (Å²) in [5.74, 6) is -0.0948. The third kappa shape index (κ3) is 5.70. The number of pyridine rings is 1. The van der Waals surface area contributed by atoms with Crippen molar-refractivity contribution >= 4 is 17.4 Å². The van der Waals surface area contributed by atoms with Crippen molar-refractivity contribution in [2.75, 3.05) is 5.32 Å². The van der Waals surface area contributed by atoms with E-state index in [9.17, 15) is 9.18 Å². The van der Waals surface area contributed by atoms with Gasteiger partial charge in [-0.3, -0.25) is 4.40 Å². The molecule has 2 aromatic heterocycles. The van der Waals surface area contributed by atoms with Gasteiger partial charge >= 0.3 is 5.97 Å². The summed E-state index contributed by atoms with van der Waals surface area (Å²) < 4.78 is 21.4. The van der Waals surface area contributed by atoms with Gasteiger partial charge in [-0.15, -0.1) is 0 Å². The number of imidazole rings is 1. The normalized spacial score (nSPS) is 12.1. The SMILES string of the molecule is Cc1ccn2c(NC(C)(C)CC(C)(C)C)c(-c3ccc(OC(=O)c4ccccc4F)cc3)nc2c1. The Labute approximate surface area is 206 Å². The van der Waals surface area contributed by atoms with Crippen LogP contribution in [0.25, 0.3) is 16.9 Å². The van der Waals surface area contributed by atoms with Crippen LogP contribution < -0.4 is 10.1 Å². The highest BCUT2D eigenvalue weighted by molar-refractivity contribution is 5.91. The first-order valence-corrected chi connectivity index (χ1v) is 11.8. The van der Waals surface area contributed by atoms with Crippen molar-refractivity contribution in [3.63, 3.8) is 0 Å². The molecule has 0 bridgehead atoms. The number of carbonyl (C=O) groups excluding carboxylic acids is 1. The van der Waals surface area contributed by atoms with Crippen LogP contribution in [0.2, 0.25) is 0 Å². The van der Waals surface area contributed by atoms with Crippen LogP contribution in [0.1, 0.15) is 57.0 Å². The number of hydrogen-bond acceptors (Lipinski definition) is 4. The van der Waals surface area contributed by atoms with Gasteiger partial charge in [-0.25, -0.2) is 14.2 Å². The van der Waals surface area contributed by atoms with Gasteiger partial charge in [0.15, 0.2) is 0 Å². The maximum atomic E-state index is 13.9. The Morgan fingerprint density at radius 1 is 1.03 bits per heavy atom. The summed E-state index contributed by atoms with van der Waals surface area (Å²) in [6, 6.07) is 17.0. The Bertz CT molecular complexity index is 1370. The Morgan fingerprint density at radius 3 is 2.37 bits per heavy atom. The van der Waals surface area contributed by atoms with E-state index < -0.39 is 11.8 Å². The summed E-state index contributed by atoms with van der Waals surface area (Å²) in [5, 5.41) is 3.73. The minimum Gasteiger partial charge on any atom is -0.423 e. The molecule has 4 aromatic rings. The van der Waals surface area contributed by atoms with Crippen LogP contribution in [0.15, 0.2) is 66.9 Å². The minimum atomic E-state index is -0.731. The van der Waals surface area contributed by atoms with Crippen molar-refractivity contribution in [3.8, 4) is 17.0 Å². The highest BCUT2D eigenvalue weighted by atomic mass is 19.1. The summed E-state index contributed by atoms with van der Waals surface area (Å²) in [6.45, 7) is 13.1. The Kier molecular flexibility index (Phi) is 6.41. The van der Waals surface area contributed by atoms with Crippen molar-refractivity contribution in [1.29, 1.82) is 0 Å². The third-order valence-electron chi connectivity index (χ3n) is 5.64. The van der Waals surface area contributed by atoms with Gasteiger partial charge in [0.05, 0.1) is 5.56 Å². The van der Waals surface area contributed by atoms with Crippen molar-refractivity contribution in [3.05, 3.63) is 83.8 Å². The zero-order valence-electron chi connectivity index (χ0n) is 21.1. The summed E-state index contributed by atoms with van der Waals surface area (Å²) in [4.78, 5) is 17.3. The predicted molar refractivity (Wildman–Crippen MR) is 138 cm³/mol. The van der Waals surface area contributed by atoms with E-state index in [0.29, 0.717) is 5.75 Å². The number of ether oxygens (including phenoxy) is 1. The van der Waals surface area contributed by atoms with Gasteiger partial charge < -0.3 is 10.1 Å². The molecule has 0 unspecified atom stereocenters. The number of nitrogens with one attached hydrogen (secondary N) is 1. The average molecular weight is 474 g/mol. The van der Waals surface area contributed by atoms with Crippen LogP contribution in [-0.4, -0.2) is 20.9 Å². The predicted octanol–water partition coefficient (Wildman–Crippen LogP) is 7.29. The minimum absolute atomic E-state index is 0.0973. The molecule has 2 heterocycles. The molecule has 0 atom stereocenters. The number of hydrogen-bond donors (Lipinski definition) is 1. The molecule has 4 rings (SSSR count). The van der Waals surface area contributed by atoms with Crippen molar-refractivity contribution in [2.24, 2.45) is 5.41 Å². The van der Waals surface area contributed by atoms with E-state index in [1.165, 1.54) is 18.2 Å². The smallest absolute Gasteiger partial charge is 0.346 e. The second kappa shape index (κ2) is 9.17. The molecule has 182 valence electrons. The molecule has 0 aliphatic rings. The maximum Gasteiger partial charge on any atom is 0.346 e. The molecule has 35 heavy (non-hydrogen) atoms. The van der Waals surface area contributed by atoms with Gasteiger partial charge in [0.25, 0.3) is 0 Å². The molecular formula is C29H32FN3O2. The van der Waals surface area contributed by atoms with E-state index in [-0.39, 0.29) is 16.5 Å². The van der Waals surface area contributed by atoms with E-state index in [1.807, 2.05) is 25.3 Å². The molecule has 0 radical (unpaired) electrons. The lowest BCUT2D eigenvalue weighted by Gasteiger charge is -2.34. The van der Waals surface area contributed by atoms with E-state index in [4.69, 9.17) is 9.72 Å². The number of aromatic nitrogens is 2. The van der Waals surface area contributed by atoms with E-state index in [0.717, 1.165) is 34.7 Å². The van der Waals surface area contributed by atoms with Gasteiger partial charge in [-0.1, -0.05) is 32.9 Å². The van der Waals surface area contributed by atoms with Gasteiger partial charge in [0, 0.05) is 17.3 Å². The molecule has 0 amide bonds. The average Bonchev–Trinajstić information content (AvgIpc) is 3.09. The van der Waals surface area contributed by atoms with Crippen LogP contribution in [0.4, 0.5) is 10.2 Å². The number of fused-ring (bicyclic) bond motifs is 1. The lowest BCUT2D eigenvalue weighted by Crippen LogP contribution is -2.36. The number of rotatable bonds is 6. The summed E-state index contributed by atoms with van der Waals surface area (Å²) >= 11 is 0. The highest BCUT2D eigenvalue weighted by Crippen LogP contribution is 2.35. The molecule has 6 heteroatoms. The number of aryl methyl sites for hydroxylation is 1. The summed E-state index contributed by atoms with van der Waals surface area (Å²) in [6.07, 6.45) is 2.99. The zero-order chi connectivity index (χ0) is 25.4. The molecule has 0 aliphatic carbocycles. The van der Waals surface area contributed by atoms with E-state index >= 15 is 0 Å². The van der Waals surface area contributed by atoms with Crippen LogP contribution in [0.5, 0.6) is 5.75 Å². The molecule has 0 aliphatic heterocycles. The number of carbonyl (C=O) groups is 1. The van der Waals surface area contributed by atoms with Crippen LogP contribution in [0, 0.1) is 18.2 Å². The van der Waals surface area contributed by atoms with Crippen LogP contribution >= 0.6 is 0 Å². The largest absolute Gasteiger partial charge is 0.423 e. The number of esters is 1. The molecule has 2 aromatic carbocycles. The summed E-state index contributed by atoms with van der Waals surface area (Å²) in [5.41, 5.74) is 3.55. The fraction of sp³-hybridized carbons (Fsp3) is 0.310. The first-order valence-electron chi connectivity index (χ1n) is 11.8. The second-order valence-electron chi connectivity index (χ2n) is 10.9. The van der Waals surface area contributed by atoms with Gasteiger partial charge in [-0.2, -0.15) is 0 Å². The van der Waals surface area contributed by atoms with E-state index in [1.54, 1.807) is 18.2 Å². The van der Waals surface area contributed by atoms with E-state index in [2.05, 4.69) is 56.5 Å². The van der Waals surface area contributed by atoms with Crippen molar-refractivity contribution in [2.45, 2.75) is 53.5 Å². The third-order valence-corrected chi connectivity index (χ3v) is 5.64. The molecule has 0 saturated carbocycles. The number of anilines is 1.